The van der Waals surface area contributed by atoms with Crippen molar-refractivity contribution in [3.63, 3.8) is 0 Å². The van der Waals surface area contributed by atoms with Crippen LogP contribution in [0.4, 0.5) is 0 Å². The van der Waals surface area contributed by atoms with Crippen LogP contribution in [0.1, 0.15) is 27.6 Å². The molecule has 0 saturated carbocycles. The highest BCUT2D eigenvalue weighted by molar-refractivity contribution is 7.89. The predicted molar refractivity (Wildman–Crippen MR) is 117 cm³/mol. The van der Waals surface area contributed by atoms with Gasteiger partial charge in [0.05, 0.1) is 4.90 Å². The normalized spacial score (nSPS) is 12.2. The monoisotopic (exact) mass is 457 g/mol. The smallest absolute Gasteiger partial charge is 0.322 e. The molecule has 8 heteroatoms. The van der Waals surface area contributed by atoms with Gasteiger partial charge in [-0.25, -0.2) is 8.42 Å². The SMILES string of the molecule is Cc1ccc(S(=O)(=O)NCC(=O)O[C@H](C(=O)c2ccccc2)c2ccc(Cl)cc2)cc1. The van der Waals surface area contributed by atoms with E-state index in [4.69, 9.17) is 16.3 Å². The van der Waals surface area contributed by atoms with Gasteiger partial charge in [0.15, 0.2) is 6.10 Å². The van der Waals surface area contributed by atoms with E-state index in [9.17, 15) is 18.0 Å². The number of halogens is 1. The highest BCUT2D eigenvalue weighted by atomic mass is 35.5. The summed E-state index contributed by atoms with van der Waals surface area (Å²) in [4.78, 5) is 25.4. The Morgan fingerprint density at radius 2 is 1.55 bits per heavy atom. The van der Waals surface area contributed by atoms with Crippen LogP contribution in [0.2, 0.25) is 5.02 Å². The first-order valence-electron chi connectivity index (χ1n) is 9.37. The maximum atomic E-state index is 13.0. The third-order valence-corrected chi connectivity index (χ3v) is 6.13. The Balaban J connectivity index is 1.76. The molecule has 3 rings (SSSR count). The van der Waals surface area contributed by atoms with Crippen molar-refractivity contribution in [3.8, 4) is 0 Å². The first-order valence-corrected chi connectivity index (χ1v) is 11.2. The van der Waals surface area contributed by atoms with E-state index in [2.05, 4.69) is 4.72 Å². The van der Waals surface area contributed by atoms with Crippen LogP contribution in [0.3, 0.4) is 0 Å². The lowest BCUT2D eigenvalue weighted by Gasteiger charge is -2.18. The van der Waals surface area contributed by atoms with Gasteiger partial charge in [-0.1, -0.05) is 71.8 Å². The van der Waals surface area contributed by atoms with Gasteiger partial charge in [0.25, 0.3) is 0 Å². The van der Waals surface area contributed by atoms with E-state index in [0.29, 0.717) is 16.1 Å². The van der Waals surface area contributed by atoms with E-state index in [1.807, 2.05) is 6.92 Å². The summed E-state index contributed by atoms with van der Waals surface area (Å²) >= 11 is 5.92. The topological polar surface area (TPSA) is 89.5 Å². The summed E-state index contributed by atoms with van der Waals surface area (Å²) in [6.45, 7) is 1.21. The van der Waals surface area contributed by atoms with Crippen LogP contribution in [-0.4, -0.2) is 26.7 Å². The van der Waals surface area contributed by atoms with Crippen molar-refractivity contribution in [3.05, 3.63) is 101 Å². The van der Waals surface area contributed by atoms with Crippen LogP contribution < -0.4 is 4.72 Å². The van der Waals surface area contributed by atoms with Gasteiger partial charge < -0.3 is 4.74 Å². The number of esters is 1. The second-order valence-corrected chi connectivity index (χ2v) is 8.99. The summed E-state index contributed by atoms with van der Waals surface area (Å²) < 4.78 is 32.4. The van der Waals surface area contributed by atoms with Crippen molar-refractivity contribution in [2.45, 2.75) is 17.9 Å². The minimum Gasteiger partial charge on any atom is -0.448 e. The third-order valence-electron chi connectivity index (χ3n) is 4.46. The van der Waals surface area contributed by atoms with Crippen LogP contribution in [0.5, 0.6) is 0 Å². The second-order valence-electron chi connectivity index (χ2n) is 6.79. The molecule has 0 spiro atoms. The van der Waals surface area contributed by atoms with Gasteiger partial charge >= 0.3 is 5.97 Å². The molecule has 3 aromatic rings. The molecule has 3 aromatic carbocycles. The Morgan fingerprint density at radius 1 is 0.935 bits per heavy atom. The van der Waals surface area contributed by atoms with Gasteiger partial charge in [0.2, 0.25) is 15.8 Å². The molecule has 0 saturated heterocycles. The standard InChI is InChI=1S/C23H20ClNO5S/c1-16-7-13-20(14-8-16)31(28,29)25-15-21(26)30-23(18-9-11-19(24)12-10-18)22(27)17-5-3-2-4-6-17/h2-14,23,25H,15H2,1H3/t23-/m0/s1. The lowest BCUT2D eigenvalue weighted by molar-refractivity contribution is -0.145. The molecule has 0 aliphatic carbocycles. The quantitative estimate of drug-likeness (QED) is 0.406. The summed E-state index contributed by atoms with van der Waals surface area (Å²) in [5.74, 6) is -1.32. The fourth-order valence-corrected chi connectivity index (χ4v) is 3.89. The molecule has 0 amide bonds. The minimum absolute atomic E-state index is 0.0283. The highest BCUT2D eigenvalue weighted by Crippen LogP contribution is 2.24. The molecular formula is C23H20ClNO5S. The summed E-state index contributed by atoms with van der Waals surface area (Å²) in [6, 6.07) is 20.9. The number of rotatable bonds is 8. The molecule has 1 N–H and O–H groups in total. The molecule has 1 atom stereocenters. The maximum absolute atomic E-state index is 13.0. The molecule has 0 radical (unpaired) electrons. The van der Waals surface area contributed by atoms with Crippen LogP contribution in [-0.2, 0) is 19.6 Å². The Morgan fingerprint density at radius 3 is 2.16 bits per heavy atom. The average Bonchev–Trinajstić information content (AvgIpc) is 2.77. The fourth-order valence-electron chi connectivity index (χ4n) is 2.79. The summed E-state index contributed by atoms with van der Waals surface area (Å²) in [7, 11) is -3.90. The van der Waals surface area contributed by atoms with Gasteiger partial charge in [-0.15, -0.1) is 0 Å². The molecule has 0 fully saturated rings. The van der Waals surface area contributed by atoms with Crippen LogP contribution >= 0.6 is 11.6 Å². The highest BCUT2D eigenvalue weighted by Gasteiger charge is 2.27. The van der Waals surface area contributed by atoms with Crippen molar-refractivity contribution in [2.24, 2.45) is 0 Å². The van der Waals surface area contributed by atoms with Crippen molar-refractivity contribution in [2.75, 3.05) is 6.54 Å². The number of carbonyl (C=O) groups is 2. The summed E-state index contributed by atoms with van der Waals surface area (Å²) in [5, 5.41) is 0.465. The van der Waals surface area contributed by atoms with Gasteiger partial charge in [-0.2, -0.15) is 4.72 Å². The van der Waals surface area contributed by atoms with Crippen LogP contribution in [0.25, 0.3) is 0 Å². The first-order chi connectivity index (χ1) is 14.8. The number of aryl methyl sites for hydroxylation is 1. The zero-order valence-corrected chi connectivity index (χ0v) is 18.2. The Kier molecular flexibility index (Phi) is 7.22. The molecule has 0 heterocycles. The average molecular weight is 458 g/mol. The summed E-state index contributed by atoms with van der Waals surface area (Å²) in [6.07, 6.45) is -1.24. The number of nitrogens with one attached hydrogen (secondary N) is 1. The van der Waals surface area contributed by atoms with E-state index in [1.54, 1.807) is 66.7 Å². The number of hydrogen-bond donors (Lipinski definition) is 1. The maximum Gasteiger partial charge on any atom is 0.322 e. The molecule has 0 bridgehead atoms. The molecule has 0 unspecified atom stereocenters. The number of benzene rings is 3. The molecule has 0 aliphatic rings. The van der Waals surface area contributed by atoms with E-state index in [0.717, 1.165) is 5.56 Å². The predicted octanol–water partition coefficient (Wildman–Crippen LogP) is 4.09. The van der Waals surface area contributed by atoms with Gasteiger partial charge in [0.1, 0.15) is 6.54 Å². The van der Waals surface area contributed by atoms with Crippen molar-refractivity contribution < 1.29 is 22.7 Å². The van der Waals surface area contributed by atoms with Crippen LogP contribution in [0, 0.1) is 6.92 Å². The largest absolute Gasteiger partial charge is 0.448 e. The Bertz CT molecular complexity index is 1160. The molecular weight excluding hydrogens is 438 g/mol. The number of carbonyl (C=O) groups excluding carboxylic acids is 2. The van der Waals surface area contributed by atoms with Crippen molar-refractivity contribution in [1.29, 1.82) is 0 Å². The molecule has 31 heavy (non-hydrogen) atoms. The van der Waals surface area contributed by atoms with Gasteiger partial charge in [-0.05, 0) is 31.2 Å². The van der Waals surface area contributed by atoms with Gasteiger partial charge in [-0.3, -0.25) is 9.59 Å². The Hall–Kier alpha value is -3.00. The molecule has 0 aliphatic heterocycles. The first kappa shape index (κ1) is 22.7. The lowest BCUT2D eigenvalue weighted by Crippen LogP contribution is -2.32. The number of ketones is 1. The van der Waals surface area contributed by atoms with Crippen molar-refractivity contribution in [1.82, 2.24) is 4.72 Å². The third kappa shape index (κ3) is 6.01. The van der Waals surface area contributed by atoms with Gasteiger partial charge in [0, 0.05) is 16.1 Å². The van der Waals surface area contributed by atoms with E-state index >= 15 is 0 Å². The number of sulfonamides is 1. The second kappa shape index (κ2) is 9.87. The van der Waals surface area contributed by atoms with Crippen molar-refractivity contribution >= 4 is 33.4 Å². The fraction of sp³-hybridized carbons (Fsp3) is 0.130. The number of hydrogen-bond acceptors (Lipinski definition) is 5. The van der Waals surface area contributed by atoms with Crippen LogP contribution in [0.15, 0.2) is 83.8 Å². The van der Waals surface area contributed by atoms with E-state index < -0.39 is 34.4 Å². The lowest BCUT2D eigenvalue weighted by atomic mass is 10.00. The summed E-state index contributed by atoms with van der Waals surface area (Å²) in [5.41, 5.74) is 1.69. The minimum atomic E-state index is -3.90. The number of Topliss-reactive ketones (excluding diaryl/α,β-unsaturated/α-hetero) is 1. The molecule has 160 valence electrons. The van der Waals surface area contributed by atoms with E-state index in [-0.39, 0.29) is 4.90 Å². The molecule has 6 nitrogen and oxygen atoms in total. The zero-order valence-electron chi connectivity index (χ0n) is 16.6. The Labute approximate surface area is 185 Å². The van der Waals surface area contributed by atoms with E-state index in [1.165, 1.54) is 12.1 Å². The number of ether oxygens (including phenoxy) is 1. The zero-order chi connectivity index (χ0) is 22.4. The molecule has 0 aromatic heterocycles.